The van der Waals surface area contributed by atoms with Crippen molar-refractivity contribution in [3.05, 3.63) is 231 Å². The molecule has 64 heavy (non-hydrogen) atoms. The Bertz CT molecular complexity index is 4240. The van der Waals surface area contributed by atoms with E-state index in [0.29, 0.717) is 0 Å². The van der Waals surface area contributed by atoms with Crippen LogP contribution < -0.4 is 0 Å². The van der Waals surface area contributed by atoms with Crippen LogP contribution in [0.15, 0.2) is 231 Å². The van der Waals surface area contributed by atoms with E-state index in [4.69, 9.17) is 0 Å². The minimum absolute atomic E-state index is 1.14. The minimum atomic E-state index is 1.14. The first kappa shape index (κ1) is 35.2. The molecule has 14 aromatic rings. The van der Waals surface area contributed by atoms with Gasteiger partial charge in [-0.1, -0.05) is 164 Å². The van der Waals surface area contributed by atoms with Crippen molar-refractivity contribution < 1.29 is 0 Å². The van der Waals surface area contributed by atoms with Crippen molar-refractivity contribution in [1.29, 1.82) is 0 Å². The summed E-state index contributed by atoms with van der Waals surface area (Å²) in [5.74, 6) is 0. The Morgan fingerprint density at radius 2 is 0.703 bits per heavy atom. The maximum absolute atomic E-state index is 2.46. The van der Waals surface area contributed by atoms with E-state index in [0.717, 1.165) is 5.69 Å². The van der Waals surface area contributed by atoms with E-state index in [-0.39, 0.29) is 0 Å². The Kier molecular flexibility index (Phi) is 7.43. The van der Waals surface area contributed by atoms with Gasteiger partial charge in [0.15, 0.2) is 0 Å². The third kappa shape index (κ3) is 5.02. The summed E-state index contributed by atoms with van der Waals surface area (Å²) < 4.78 is 4.84. The SMILES string of the molecule is c1ccc(-n2c3ccccc3c3cc(-c4ccc5c(c4)c4ccccc4n5-c4cccc(-c5cc6c7ccccc7c7ccccc7c6c6c5ccc5ccccc56)c4)ccc32)cc1. The number of nitrogens with zero attached hydrogens (tertiary/aromatic N) is 2. The highest BCUT2D eigenvalue weighted by atomic mass is 15.0. The zero-order valence-electron chi connectivity index (χ0n) is 34.8. The Hall–Kier alpha value is -8.46. The third-order valence-corrected chi connectivity index (χ3v) is 13.8. The lowest BCUT2D eigenvalue weighted by Gasteiger charge is -2.18. The summed E-state index contributed by atoms with van der Waals surface area (Å²) in [4.78, 5) is 0. The molecule has 12 aromatic carbocycles. The van der Waals surface area contributed by atoms with Crippen LogP contribution in [0.1, 0.15) is 0 Å². The quantitative estimate of drug-likeness (QED) is 0.157. The Balaban J connectivity index is 0.973. The summed E-state index contributed by atoms with van der Waals surface area (Å²) in [5, 5.41) is 17.9. The predicted molar refractivity (Wildman–Crippen MR) is 274 cm³/mol. The molecule has 2 aromatic heterocycles. The first-order chi connectivity index (χ1) is 31.8. The lowest BCUT2D eigenvalue weighted by molar-refractivity contribution is 1.18. The molecule has 0 aliphatic heterocycles. The van der Waals surface area contributed by atoms with Crippen LogP contribution in [0.5, 0.6) is 0 Å². The van der Waals surface area contributed by atoms with E-state index in [1.54, 1.807) is 0 Å². The van der Waals surface area contributed by atoms with E-state index in [1.165, 1.54) is 125 Å². The molecular weight excluding hydrogens is 773 g/mol. The van der Waals surface area contributed by atoms with Gasteiger partial charge in [0, 0.05) is 32.9 Å². The highest BCUT2D eigenvalue weighted by molar-refractivity contribution is 6.36. The zero-order chi connectivity index (χ0) is 41.9. The van der Waals surface area contributed by atoms with Crippen LogP contribution in [-0.2, 0) is 0 Å². The Labute approximate surface area is 369 Å². The van der Waals surface area contributed by atoms with Crippen LogP contribution in [0, 0.1) is 0 Å². The molecule has 0 aliphatic carbocycles. The molecule has 0 saturated carbocycles. The van der Waals surface area contributed by atoms with Crippen LogP contribution in [0.25, 0.3) is 131 Å². The molecule has 296 valence electrons. The van der Waals surface area contributed by atoms with Gasteiger partial charge in [-0.25, -0.2) is 0 Å². The van der Waals surface area contributed by atoms with Gasteiger partial charge in [0.2, 0.25) is 0 Å². The number of aromatic nitrogens is 2. The van der Waals surface area contributed by atoms with E-state index in [9.17, 15) is 0 Å². The fourth-order valence-electron chi connectivity index (χ4n) is 11.1. The van der Waals surface area contributed by atoms with E-state index in [1.807, 2.05) is 0 Å². The average Bonchev–Trinajstić information content (AvgIpc) is 3.88. The monoisotopic (exact) mass is 810 g/mol. The van der Waals surface area contributed by atoms with Gasteiger partial charge in [-0.3, -0.25) is 0 Å². The predicted octanol–water partition coefficient (Wildman–Crippen LogP) is 17.0. The summed E-state index contributed by atoms with van der Waals surface area (Å²) >= 11 is 0. The van der Waals surface area contributed by atoms with Crippen molar-refractivity contribution in [1.82, 2.24) is 9.13 Å². The summed E-state index contributed by atoms with van der Waals surface area (Å²) in [6, 6.07) is 85.3. The molecular formula is C62H38N2. The molecule has 0 amide bonds. The van der Waals surface area contributed by atoms with Gasteiger partial charge < -0.3 is 9.13 Å². The summed E-state index contributed by atoms with van der Waals surface area (Å²) in [5.41, 5.74) is 12.0. The smallest absolute Gasteiger partial charge is 0.0541 e. The normalized spacial score (nSPS) is 12.1. The molecule has 14 rings (SSSR count). The lowest BCUT2D eigenvalue weighted by atomic mass is 9.85. The Morgan fingerprint density at radius 3 is 1.38 bits per heavy atom. The number of fused-ring (bicyclic) bond motifs is 16. The van der Waals surface area contributed by atoms with Gasteiger partial charge in [0.05, 0.1) is 22.1 Å². The summed E-state index contributed by atoms with van der Waals surface area (Å²) in [6.45, 7) is 0. The van der Waals surface area contributed by atoms with Crippen LogP contribution in [-0.4, -0.2) is 9.13 Å². The topological polar surface area (TPSA) is 9.86 Å². The van der Waals surface area contributed by atoms with Crippen LogP contribution in [0.4, 0.5) is 0 Å². The van der Waals surface area contributed by atoms with E-state index >= 15 is 0 Å². The molecule has 0 unspecified atom stereocenters. The number of rotatable bonds is 4. The molecule has 2 nitrogen and oxygen atoms in total. The molecule has 2 heterocycles. The average molecular weight is 811 g/mol. The van der Waals surface area contributed by atoms with Gasteiger partial charge in [-0.15, -0.1) is 0 Å². The van der Waals surface area contributed by atoms with Crippen molar-refractivity contribution in [3.8, 4) is 33.6 Å². The van der Waals surface area contributed by atoms with Gasteiger partial charge in [-0.05, 0) is 143 Å². The van der Waals surface area contributed by atoms with Crippen LogP contribution in [0.3, 0.4) is 0 Å². The van der Waals surface area contributed by atoms with Crippen LogP contribution >= 0.6 is 0 Å². The fraction of sp³-hybridized carbons (Fsp3) is 0. The molecule has 0 bridgehead atoms. The second-order valence-corrected chi connectivity index (χ2v) is 17.2. The number of para-hydroxylation sites is 3. The van der Waals surface area contributed by atoms with Crippen LogP contribution in [0.2, 0.25) is 0 Å². The maximum atomic E-state index is 2.46. The van der Waals surface area contributed by atoms with Gasteiger partial charge in [0.25, 0.3) is 0 Å². The number of hydrogen-bond acceptors (Lipinski definition) is 0. The highest BCUT2D eigenvalue weighted by Gasteiger charge is 2.20. The molecule has 0 atom stereocenters. The highest BCUT2D eigenvalue weighted by Crippen LogP contribution is 2.46. The van der Waals surface area contributed by atoms with Crippen molar-refractivity contribution in [2.45, 2.75) is 0 Å². The molecule has 0 radical (unpaired) electrons. The summed E-state index contributed by atoms with van der Waals surface area (Å²) in [7, 11) is 0. The molecule has 0 spiro atoms. The number of hydrogen-bond donors (Lipinski definition) is 0. The number of benzene rings is 12. The second-order valence-electron chi connectivity index (χ2n) is 17.2. The lowest BCUT2D eigenvalue weighted by Crippen LogP contribution is -1.95. The summed E-state index contributed by atoms with van der Waals surface area (Å²) in [6.07, 6.45) is 0. The minimum Gasteiger partial charge on any atom is -0.309 e. The van der Waals surface area contributed by atoms with Crippen molar-refractivity contribution in [2.75, 3.05) is 0 Å². The van der Waals surface area contributed by atoms with E-state index in [2.05, 4.69) is 240 Å². The molecule has 2 heteroatoms. The maximum Gasteiger partial charge on any atom is 0.0541 e. The molecule has 0 saturated heterocycles. The van der Waals surface area contributed by atoms with Gasteiger partial charge in [0.1, 0.15) is 0 Å². The fourth-order valence-corrected chi connectivity index (χ4v) is 11.1. The standard InChI is InChI=1S/C62H38N2/c1-2-17-43(18-3-1)63-57-27-12-10-24-49(57)54-36-40(30-33-59(54)63)41-31-34-60-55(37-41)50-25-11-13-28-58(50)64(60)44-19-14-16-42(35-44)53-38-56-48-23-7-6-21-46(48)47-22-8-9-26-51(47)62(56)61-45-20-5-4-15-39(45)29-32-52(53)61/h1-38H. The van der Waals surface area contributed by atoms with Crippen molar-refractivity contribution in [2.24, 2.45) is 0 Å². The first-order valence-electron chi connectivity index (χ1n) is 22.2. The first-order valence-corrected chi connectivity index (χ1v) is 22.2. The van der Waals surface area contributed by atoms with Crippen molar-refractivity contribution >= 4 is 97.5 Å². The molecule has 0 N–H and O–H groups in total. The largest absolute Gasteiger partial charge is 0.309 e. The molecule has 0 fully saturated rings. The van der Waals surface area contributed by atoms with Gasteiger partial charge >= 0.3 is 0 Å². The van der Waals surface area contributed by atoms with E-state index < -0.39 is 0 Å². The van der Waals surface area contributed by atoms with Gasteiger partial charge in [-0.2, -0.15) is 0 Å². The zero-order valence-corrected chi connectivity index (χ0v) is 34.8. The second kappa shape index (κ2) is 13.5. The molecule has 0 aliphatic rings. The van der Waals surface area contributed by atoms with Crippen molar-refractivity contribution in [3.63, 3.8) is 0 Å². The third-order valence-electron chi connectivity index (χ3n) is 13.8. The Morgan fingerprint density at radius 1 is 0.219 bits per heavy atom.